The highest BCUT2D eigenvalue weighted by Crippen LogP contribution is 2.22. The first-order valence-electron chi connectivity index (χ1n) is 6.63. The normalized spacial score (nSPS) is 12.9. The van der Waals surface area contributed by atoms with E-state index in [1.807, 2.05) is 25.5 Å². The predicted octanol–water partition coefficient (Wildman–Crippen LogP) is 2.05. The highest BCUT2D eigenvalue weighted by Gasteiger charge is 2.18. The Morgan fingerprint density at radius 2 is 2.15 bits per heavy atom. The van der Waals surface area contributed by atoms with Crippen molar-refractivity contribution in [1.29, 1.82) is 0 Å². The van der Waals surface area contributed by atoms with Gasteiger partial charge in [0, 0.05) is 12.5 Å². The fourth-order valence-electron chi connectivity index (χ4n) is 2.28. The fraction of sp³-hybridized carbons (Fsp3) is 0.429. The smallest absolute Gasteiger partial charge is 0.138 e. The number of halogens is 1. The lowest BCUT2D eigenvalue weighted by Gasteiger charge is -2.19. The number of hydrogen-bond donors (Lipinski definition) is 2. The zero-order chi connectivity index (χ0) is 14.7. The lowest BCUT2D eigenvalue weighted by atomic mass is 9.98. The van der Waals surface area contributed by atoms with Crippen LogP contribution in [0, 0.1) is 12.7 Å². The van der Waals surface area contributed by atoms with Gasteiger partial charge in [-0.1, -0.05) is 6.07 Å². The minimum Gasteiger partial charge on any atom is -0.271 e. The number of nitrogens with one attached hydrogen (secondary N) is 1. The van der Waals surface area contributed by atoms with Crippen molar-refractivity contribution in [2.24, 2.45) is 5.84 Å². The van der Waals surface area contributed by atoms with Crippen molar-refractivity contribution in [3.8, 4) is 0 Å². The first-order chi connectivity index (χ1) is 9.52. The maximum Gasteiger partial charge on any atom is 0.138 e. The molecule has 0 aliphatic heterocycles. The van der Waals surface area contributed by atoms with Crippen LogP contribution in [0.25, 0.3) is 0 Å². The van der Waals surface area contributed by atoms with E-state index in [2.05, 4.69) is 15.5 Å². The van der Waals surface area contributed by atoms with Crippen LogP contribution < -0.4 is 11.3 Å². The summed E-state index contributed by atoms with van der Waals surface area (Å²) in [5.74, 6) is 6.19. The Morgan fingerprint density at radius 3 is 2.80 bits per heavy atom. The summed E-state index contributed by atoms with van der Waals surface area (Å²) in [5, 5.41) is 4.20. The van der Waals surface area contributed by atoms with E-state index in [0.717, 1.165) is 17.0 Å². The van der Waals surface area contributed by atoms with Crippen LogP contribution in [0.4, 0.5) is 4.39 Å². The molecule has 6 heteroatoms. The van der Waals surface area contributed by atoms with E-state index in [1.54, 1.807) is 6.07 Å². The van der Waals surface area contributed by atoms with E-state index in [4.69, 9.17) is 5.84 Å². The number of rotatable bonds is 5. The Hall–Kier alpha value is -1.79. The third-order valence-electron chi connectivity index (χ3n) is 3.34. The molecule has 5 nitrogen and oxygen atoms in total. The molecule has 1 aromatic carbocycles. The van der Waals surface area contributed by atoms with Crippen molar-refractivity contribution in [3.63, 3.8) is 0 Å². The minimum atomic E-state index is -0.267. The number of aryl methyl sites for hydroxylation is 1. The summed E-state index contributed by atoms with van der Waals surface area (Å²) in [4.78, 5) is 4.27. The minimum absolute atomic E-state index is 0.201. The van der Waals surface area contributed by atoms with Gasteiger partial charge in [0.15, 0.2) is 0 Å². The molecule has 2 aromatic rings. The number of aromatic nitrogens is 3. The third-order valence-corrected chi connectivity index (χ3v) is 3.34. The van der Waals surface area contributed by atoms with Crippen LogP contribution in [-0.2, 0) is 6.42 Å². The van der Waals surface area contributed by atoms with Gasteiger partial charge in [0.1, 0.15) is 18.0 Å². The standard InChI is InChI=1S/C14H20FN5/c1-9(2)20-14(17-8-18-20)7-13(19-16)12-6-11(15)5-4-10(12)3/h4-6,8-9,13,19H,7,16H2,1-3H3. The van der Waals surface area contributed by atoms with Crippen LogP contribution >= 0.6 is 0 Å². The molecule has 1 unspecified atom stereocenters. The molecule has 0 amide bonds. The maximum absolute atomic E-state index is 13.4. The molecule has 0 saturated heterocycles. The number of benzene rings is 1. The topological polar surface area (TPSA) is 68.8 Å². The van der Waals surface area contributed by atoms with Crippen molar-refractivity contribution in [3.05, 3.63) is 47.3 Å². The van der Waals surface area contributed by atoms with Crippen molar-refractivity contribution in [2.75, 3.05) is 0 Å². The molecule has 0 fully saturated rings. The number of hydrazine groups is 1. The van der Waals surface area contributed by atoms with Gasteiger partial charge in [-0.25, -0.2) is 14.1 Å². The molecule has 2 rings (SSSR count). The molecular weight excluding hydrogens is 257 g/mol. The average Bonchev–Trinajstić information content (AvgIpc) is 2.87. The van der Waals surface area contributed by atoms with E-state index in [9.17, 15) is 4.39 Å². The molecule has 0 aliphatic carbocycles. The molecular formula is C14H20FN5. The zero-order valence-electron chi connectivity index (χ0n) is 12.0. The van der Waals surface area contributed by atoms with Gasteiger partial charge < -0.3 is 0 Å². The monoisotopic (exact) mass is 277 g/mol. The molecule has 0 saturated carbocycles. The maximum atomic E-state index is 13.4. The first-order valence-corrected chi connectivity index (χ1v) is 6.63. The lowest BCUT2D eigenvalue weighted by Crippen LogP contribution is -2.31. The lowest BCUT2D eigenvalue weighted by molar-refractivity contribution is 0.466. The van der Waals surface area contributed by atoms with Gasteiger partial charge in [0.25, 0.3) is 0 Å². The van der Waals surface area contributed by atoms with Crippen molar-refractivity contribution in [1.82, 2.24) is 20.2 Å². The van der Waals surface area contributed by atoms with Crippen LogP contribution in [0.1, 0.15) is 42.9 Å². The molecule has 1 aromatic heterocycles. The van der Waals surface area contributed by atoms with Gasteiger partial charge in [-0.05, 0) is 44.0 Å². The first kappa shape index (κ1) is 14.6. The van der Waals surface area contributed by atoms with E-state index in [0.29, 0.717) is 6.42 Å². The second-order valence-corrected chi connectivity index (χ2v) is 5.14. The molecule has 0 radical (unpaired) electrons. The van der Waals surface area contributed by atoms with Crippen molar-refractivity contribution >= 4 is 0 Å². The number of hydrogen-bond acceptors (Lipinski definition) is 4. The summed E-state index contributed by atoms with van der Waals surface area (Å²) < 4.78 is 15.3. The van der Waals surface area contributed by atoms with Gasteiger partial charge in [-0.15, -0.1) is 0 Å². The summed E-state index contributed by atoms with van der Waals surface area (Å²) in [6.07, 6.45) is 2.08. The average molecular weight is 277 g/mol. The largest absolute Gasteiger partial charge is 0.271 e. The highest BCUT2D eigenvalue weighted by atomic mass is 19.1. The predicted molar refractivity (Wildman–Crippen MR) is 75.3 cm³/mol. The van der Waals surface area contributed by atoms with Crippen LogP contribution in [-0.4, -0.2) is 14.8 Å². The Balaban J connectivity index is 2.29. The second kappa shape index (κ2) is 6.11. The molecule has 0 spiro atoms. The molecule has 1 heterocycles. The number of nitrogens with two attached hydrogens (primary N) is 1. The Bertz CT molecular complexity index is 579. The van der Waals surface area contributed by atoms with Gasteiger partial charge >= 0.3 is 0 Å². The Kier molecular flexibility index (Phi) is 4.46. The molecule has 1 atom stereocenters. The summed E-state index contributed by atoms with van der Waals surface area (Å²) >= 11 is 0. The second-order valence-electron chi connectivity index (χ2n) is 5.14. The van der Waals surface area contributed by atoms with Crippen LogP contribution in [0.5, 0.6) is 0 Å². The molecule has 3 N–H and O–H groups in total. The fourth-order valence-corrected chi connectivity index (χ4v) is 2.28. The summed E-state index contributed by atoms with van der Waals surface area (Å²) in [6, 6.07) is 4.73. The Labute approximate surface area is 118 Å². The van der Waals surface area contributed by atoms with E-state index < -0.39 is 0 Å². The van der Waals surface area contributed by atoms with Gasteiger partial charge in [0.05, 0.1) is 6.04 Å². The van der Waals surface area contributed by atoms with Crippen LogP contribution in [0.3, 0.4) is 0 Å². The van der Waals surface area contributed by atoms with Gasteiger partial charge in [-0.3, -0.25) is 11.3 Å². The number of nitrogens with zero attached hydrogens (tertiary/aromatic N) is 3. The molecule has 20 heavy (non-hydrogen) atoms. The van der Waals surface area contributed by atoms with E-state index >= 15 is 0 Å². The molecule has 108 valence electrons. The van der Waals surface area contributed by atoms with Gasteiger partial charge in [0.2, 0.25) is 0 Å². The van der Waals surface area contributed by atoms with Crippen LogP contribution in [0.15, 0.2) is 24.5 Å². The van der Waals surface area contributed by atoms with Crippen molar-refractivity contribution in [2.45, 2.75) is 39.3 Å². The Morgan fingerprint density at radius 1 is 1.40 bits per heavy atom. The summed E-state index contributed by atoms with van der Waals surface area (Å²) in [6.45, 7) is 6.01. The quantitative estimate of drug-likeness (QED) is 0.648. The third kappa shape index (κ3) is 3.02. The summed E-state index contributed by atoms with van der Waals surface area (Å²) in [5.41, 5.74) is 4.57. The van der Waals surface area contributed by atoms with E-state index in [1.165, 1.54) is 18.5 Å². The zero-order valence-corrected chi connectivity index (χ0v) is 12.0. The van der Waals surface area contributed by atoms with E-state index in [-0.39, 0.29) is 17.9 Å². The van der Waals surface area contributed by atoms with Crippen LogP contribution in [0.2, 0.25) is 0 Å². The SMILES string of the molecule is Cc1ccc(F)cc1C(Cc1ncnn1C(C)C)NN. The molecule has 0 bridgehead atoms. The van der Waals surface area contributed by atoms with Crippen molar-refractivity contribution < 1.29 is 4.39 Å². The summed E-state index contributed by atoms with van der Waals surface area (Å²) in [7, 11) is 0. The highest BCUT2D eigenvalue weighted by molar-refractivity contribution is 5.30. The van der Waals surface area contributed by atoms with Gasteiger partial charge in [-0.2, -0.15) is 5.10 Å². The molecule has 0 aliphatic rings.